The van der Waals surface area contributed by atoms with Crippen molar-refractivity contribution >= 4 is 40.9 Å². The van der Waals surface area contributed by atoms with Crippen LogP contribution < -0.4 is 9.64 Å². The number of carbonyl (C=O) groups is 4. The Labute approximate surface area is 248 Å². The molecule has 2 aromatic carbocycles. The molecular weight excluding hydrogens is 563 g/mol. The highest BCUT2D eigenvalue weighted by Crippen LogP contribution is 2.64. The summed E-state index contributed by atoms with van der Waals surface area (Å²) in [4.78, 5) is 58.5. The quantitative estimate of drug-likeness (QED) is 0.386. The minimum Gasteiger partial charge on any atom is -0.508 e. The number of methoxy groups -OCH3 is 1. The fraction of sp³-hybridized carbons (Fsp3) is 0.438. The van der Waals surface area contributed by atoms with Crippen LogP contribution in [0.4, 0.5) is 10.1 Å². The predicted octanol–water partition coefficient (Wildman–Crippen LogP) is 5.22. The van der Waals surface area contributed by atoms with Crippen molar-refractivity contribution in [1.29, 1.82) is 0 Å². The van der Waals surface area contributed by atoms with E-state index >= 15 is 0 Å². The number of rotatable bonds is 3. The SMILES string of the molecule is COc1cc(O)ccc1C1C2=CCC3C(=O)N(C(C)(C)C)C(=O)C3C2CC2C(=O)N(c3ccc(F)c(Cl)c3)C(=O)C21C. The summed E-state index contributed by atoms with van der Waals surface area (Å²) in [6.07, 6.45) is 2.47. The van der Waals surface area contributed by atoms with Crippen LogP contribution in [0.2, 0.25) is 5.02 Å². The maximum Gasteiger partial charge on any atom is 0.241 e. The van der Waals surface area contributed by atoms with Gasteiger partial charge in [-0.15, -0.1) is 0 Å². The third kappa shape index (κ3) is 3.78. The van der Waals surface area contributed by atoms with Crippen molar-refractivity contribution in [3.8, 4) is 11.5 Å². The number of hydrogen-bond donors (Lipinski definition) is 1. The van der Waals surface area contributed by atoms with E-state index in [1.807, 2.05) is 26.8 Å². The lowest BCUT2D eigenvalue weighted by atomic mass is 9.51. The number of likely N-dealkylation sites (tertiary alicyclic amines) is 1. The van der Waals surface area contributed by atoms with Crippen molar-refractivity contribution in [2.45, 2.75) is 52.0 Å². The Bertz CT molecular complexity index is 1600. The lowest BCUT2D eigenvalue weighted by Crippen LogP contribution is -2.49. The normalized spacial score (nSPS) is 30.7. The third-order valence-corrected chi connectivity index (χ3v) is 9.92. The molecule has 2 aliphatic heterocycles. The maximum atomic E-state index is 14.4. The lowest BCUT2D eigenvalue weighted by Gasteiger charge is -2.49. The second-order valence-corrected chi connectivity index (χ2v) is 13.3. The molecule has 2 saturated heterocycles. The number of fused-ring (bicyclic) bond motifs is 4. The Hall–Kier alpha value is -3.72. The van der Waals surface area contributed by atoms with E-state index in [4.69, 9.17) is 16.3 Å². The van der Waals surface area contributed by atoms with E-state index in [9.17, 15) is 28.7 Å². The summed E-state index contributed by atoms with van der Waals surface area (Å²) >= 11 is 6.05. The zero-order valence-corrected chi connectivity index (χ0v) is 24.7. The molecule has 42 heavy (non-hydrogen) atoms. The molecule has 10 heteroatoms. The minimum atomic E-state index is -1.31. The van der Waals surface area contributed by atoms with Gasteiger partial charge in [-0.2, -0.15) is 0 Å². The van der Waals surface area contributed by atoms with E-state index in [1.165, 1.54) is 36.3 Å². The van der Waals surface area contributed by atoms with E-state index in [2.05, 4.69) is 0 Å². The molecule has 4 aliphatic rings. The molecule has 3 fully saturated rings. The van der Waals surface area contributed by atoms with Gasteiger partial charge in [0.2, 0.25) is 23.6 Å². The molecule has 6 unspecified atom stereocenters. The zero-order chi connectivity index (χ0) is 30.5. The largest absolute Gasteiger partial charge is 0.508 e. The average molecular weight is 595 g/mol. The number of ether oxygens (including phenoxy) is 1. The lowest BCUT2D eigenvalue weighted by molar-refractivity contribution is -0.145. The highest BCUT2D eigenvalue weighted by molar-refractivity contribution is 6.31. The molecule has 2 heterocycles. The summed E-state index contributed by atoms with van der Waals surface area (Å²) in [5, 5.41) is 10.0. The van der Waals surface area contributed by atoms with Crippen LogP contribution >= 0.6 is 11.6 Å². The first-order chi connectivity index (χ1) is 19.7. The van der Waals surface area contributed by atoms with Crippen molar-refractivity contribution in [2.24, 2.45) is 29.1 Å². The first-order valence-electron chi connectivity index (χ1n) is 14.0. The smallest absolute Gasteiger partial charge is 0.241 e. The number of carbonyl (C=O) groups excluding carboxylic acids is 4. The van der Waals surface area contributed by atoms with Gasteiger partial charge in [0.15, 0.2) is 0 Å². The molecule has 8 nitrogen and oxygen atoms in total. The van der Waals surface area contributed by atoms with E-state index in [0.29, 0.717) is 17.7 Å². The van der Waals surface area contributed by atoms with Crippen molar-refractivity contribution in [3.63, 3.8) is 0 Å². The van der Waals surface area contributed by atoms with E-state index in [0.717, 1.165) is 16.5 Å². The fourth-order valence-electron chi connectivity index (χ4n) is 7.83. The number of anilines is 1. The number of benzene rings is 2. The Balaban J connectivity index is 1.55. The topological polar surface area (TPSA) is 104 Å². The van der Waals surface area contributed by atoms with Gasteiger partial charge >= 0.3 is 0 Å². The second kappa shape index (κ2) is 9.39. The van der Waals surface area contributed by atoms with Gasteiger partial charge in [0.1, 0.15) is 17.3 Å². The highest BCUT2D eigenvalue weighted by Gasteiger charge is 2.68. The summed E-state index contributed by atoms with van der Waals surface area (Å²) < 4.78 is 19.7. The number of nitrogens with zero attached hydrogens (tertiary/aromatic N) is 2. The number of phenols is 1. The molecule has 220 valence electrons. The molecule has 0 spiro atoms. The number of imide groups is 2. The molecule has 0 aromatic heterocycles. The van der Waals surface area contributed by atoms with E-state index in [-0.39, 0.29) is 34.7 Å². The molecule has 6 rings (SSSR count). The highest BCUT2D eigenvalue weighted by atomic mass is 35.5. The Morgan fingerprint density at radius 1 is 1.02 bits per heavy atom. The van der Waals surface area contributed by atoms with Gasteiger partial charge in [-0.1, -0.05) is 29.3 Å². The number of phenolic OH excluding ortho intramolecular Hbond substituents is 1. The number of halogens is 2. The summed E-state index contributed by atoms with van der Waals surface area (Å²) in [7, 11) is 1.46. The molecule has 0 radical (unpaired) electrons. The molecule has 1 N–H and O–H groups in total. The van der Waals surface area contributed by atoms with Gasteiger partial charge in [-0.3, -0.25) is 24.1 Å². The molecule has 0 bridgehead atoms. The zero-order valence-electron chi connectivity index (χ0n) is 24.0. The monoisotopic (exact) mass is 594 g/mol. The minimum absolute atomic E-state index is 0.0313. The van der Waals surface area contributed by atoms with Crippen LogP contribution in [0.1, 0.15) is 52.0 Å². The third-order valence-electron chi connectivity index (χ3n) is 9.63. The van der Waals surface area contributed by atoms with Crippen molar-refractivity contribution in [2.75, 3.05) is 12.0 Å². The summed E-state index contributed by atoms with van der Waals surface area (Å²) in [5.74, 6) is -5.11. The van der Waals surface area contributed by atoms with Crippen molar-refractivity contribution in [1.82, 2.24) is 4.90 Å². The van der Waals surface area contributed by atoms with Crippen LogP contribution in [-0.2, 0) is 19.2 Å². The summed E-state index contributed by atoms with van der Waals surface area (Å²) in [6, 6.07) is 8.33. The molecule has 2 aromatic rings. The number of amides is 4. The number of aromatic hydroxyl groups is 1. The van der Waals surface area contributed by atoms with Gasteiger partial charge < -0.3 is 9.84 Å². The number of hydrogen-bond acceptors (Lipinski definition) is 6. The second-order valence-electron chi connectivity index (χ2n) is 12.9. The van der Waals surface area contributed by atoms with Crippen LogP contribution in [0.15, 0.2) is 48.0 Å². The van der Waals surface area contributed by atoms with Gasteiger partial charge in [-0.25, -0.2) is 9.29 Å². The molecule has 2 aliphatic carbocycles. The summed E-state index contributed by atoms with van der Waals surface area (Å²) in [5.41, 5.74) is -0.485. The van der Waals surface area contributed by atoms with Crippen molar-refractivity contribution < 1.29 is 33.4 Å². The Morgan fingerprint density at radius 3 is 2.38 bits per heavy atom. The molecule has 1 saturated carbocycles. The average Bonchev–Trinajstić information content (AvgIpc) is 3.30. The van der Waals surface area contributed by atoms with Crippen LogP contribution in [0, 0.1) is 34.9 Å². The summed E-state index contributed by atoms with van der Waals surface area (Å²) in [6.45, 7) is 7.20. The van der Waals surface area contributed by atoms with Gasteiger partial charge in [0.05, 0.1) is 41.0 Å². The van der Waals surface area contributed by atoms with Gasteiger partial charge in [0.25, 0.3) is 0 Å². The molecule has 6 atom stereocenters. The van der Waals surface area contributed by atoms with Crippen molar-refractivity contribution in [3.05, 3.63) is 64.5 Å². The van der Waals surface area contributed by atoms with Gasteiger partial charge in [-0.05, 0) is 70.7 Å². The fourth-order valence-corrected chi connectivity index (χ4v) is 8.00. The standard InChI is InChI=1S/C32H32ClFN2O6/c1-31(2,3)36-27(38)19-10-9-17-20(25(19)29(36)40)14-21-28(39)35(15-6-11-23(34)22(33)12-15)30(41)32(21,4)26(17)18-8-7-16(37)13-24(18)42-5/h6-9,11-13,19-21,25-26,37H,10,14H2,1-5H3. The van der Waals surface area contributed by atoms with Crippen LogP contribution in [0.25, 0.3) is 0 Å². The van der Waals surface area contributed by atoms with Crippen LogP contribution in [-0.4, -0.2) is 46.3 Å². The van der Waals surface area contributed by atoms with E-state index in [1.54, 1.807) is 13.0 Å². The van der Waals surface area contributed by atoms with Gasteiger partial charge in [0, 0.05) is 23.1 Å². The Kier molecular flexibility index (Phi) is 6.35. The van der Waals surface area contributed by atoms with E-state index < -0.39 is 58.2 Å². The molecular formula is C32H32ClFN2O6. The van der Waals surface area contributed by atoms with Crippen LogP contribution in [0.5, 0.6) is 11.5 Å². The first kappa shape index (κ1) is 28.4. The van der Waals surface area contributed by atoms with Crippen LogP contribution in [0.3, 0.4) is 0 Å². The predicted molar refractivity (Wildman–Crippen MR) is 152 cm³/mol. The first-order valence-corrected chi connectivity index (χ1v) is 14.4. The Morgan fingerprint density at radius 2 is 1.74 bits per heavy atom. The molecule has 4 amide bonds. The maximum absolute atomic E-state index is 14.4. The number of allylic oxidation sites excluding steroid dienone is 2.